The third kappa shape index (κ3) is 15.9. The summed E-state index contributed by atoms with van der Waals surface area (Å²) >= 11 is 4.28. The first-order valence-electron chi connectivity index (χ1n) is 21.7. The van der Waals surface area contributed by atoms with Crippen molar-refractivity contribution in [2.45, 2.75) is 142 Å². The number of carbonyl (C=O) groups is 7. The Hall–Kier alpha value is -3.91. The third-order valence-corrected chi connectivity index (χ3v) is 13.3. The molecule has 19 heteroatoms. The number of amides is 5. The SMILES string of the molecule is CC[C@H](C)[C@@H]([C@@H](CC(=O)N1CCC[C@H]1[C@H](OC)[C@@H](C)C(=O)N[C@@H](Cc1ccccc1)C(=O)NC(CCC(=O)O)C(=O)O)OC)N(C)C(=O)[C@@H](NC(=O)[C@H](C(C)C)N(C)SS)C(C)C. The van der Waals surface area contributed by atoms with Crippen LogP contribution in [0.4, 0.5) is 0 Å². The molecule has 0 aromatic heterocycles. The number of carbonyl (C=O) groups excluding carboxylic acids is 5. The normalized spacial score (nSPS) is 18.4. The molecule has 1 saturated heterocycles. The Morgan fingerprint density at radius 1 is 0.873 bits per heavy atom. The first kappa shape index (κ1) is 55.2. The van der Waals surface area contributed by atoms with Gasteiger partial charge in [0.2, 0.25) is 29.5 Å². The van der Waals surface area contributed by atoms with Gasteiger partial charge in [-0.2, -0.15) is 0 Å². The largest absolute Gasteiger partial charge is 0.481 e. The summed E-state index contributed by atoms with van der Waals surface area (Å²) in [5, 5.41) is 27.0. The lowest BCUT2D eigenvalue weighted by Gasteiger charge is -2.41. The lowest BCUT2D eigenvalue weighted by Crippen LogP contribution is -2.59. The van der Waals surface area contributed by atoms with Gasteiger partial charge in [-0.15, -0.1) is 0 Å². The van der Waals surface area contributed by atoms with Crippen LogP contribution < -0.4 is 16.0 Å². The highest BCUT2D eigenvalue weighted by Gasteiger charge is 2.44. The number of nitrogens with zero attached hydrogens (tertiary/aromatic N) is 3. The number of aliphatic carboxylic acids is 2. The fraction of sp³-hybridized carbons (Fsp3) is 0.705. The molecule has 10 atom stereocenters. The molecule has 17 nitrogen and oxygen atoms in total. The maximum absolute atomic E-state index is 14.4. The second-order valence-corrected chi connectivity index (χ2v) is 18.4. The maximum atomic E-state index is 14.4. The Bertz CT molecular complexity index is 1670. The minimum Gasteiger partial charge on any atom is -0.481 e. The van der Waals surface area contributed by atoms with Crippen molar-refractivity contribution in [1.82, 2.24) is 30.1 Å². The fourth-order valence-electron chi connectivity index (χ4n) is 8.38. The number of likely N-dealkylation sites (tertiary alicyclic amines) is 1. The van der Waals surface area contributed by atoms with Crippen LogP contribution in [-0.4, -0.2) is 149 Å². The molecule has 0 aliphatic carbocycles. The molecule has 2 rings (SSSR count). The van der Waals surface area contributed by atoms with E-state index in [4.69, 9.17) is 14.6 Å². The predicted octanol–water partition coefficient (Wildman–Crippen LogP) is 3.66. The standard InChI is InChI=1S/C44H72N6O11S2/c1-12-27(6)38(48(8)43(57)36(25(2)3)47-42(56)37(26(4)5)49(9)63-62)33(60-10)24-34(51)50-22-16-19-32(50)39(61-11)28(7)40(54)46-31(23-29-17-14-13-15-18-29)41(55)45-30(44(58)59)20-21-35(52)53/h13-15,17-18,25-28,30-33,36-39,62H,12,16,19-24H2,1-11H3,(H,45,55)(H,46,54)(H,47,56)(H,52,53)(H,58,59)/t27-,28+,30?,31-,32-,33+,36-,37-,38-,39+/m0/s1. The summed E-state index contributed by atoms with van der Waals surface area (Å²) in [4.78, 5) is 96.3. The molecule has 356 valence electrons. The molecular formula is C44H72N6O11S2. The molecule has 1 aliphatic heterocycles. The van der Waals surface area contributed by atoms with Crippen LogP contribution in [0.3, 0.4) is 0 Å². The molecular weight excluding hydrogens is 853 g/mol. The summed E-state index contributed by atoms with van der Waals surface area (Å²) in [5.74, 6) is -6.15. The lowest BCUT2D eigenvalue weighted by molar-refractivity contribution is -0.148. The monoisotopic (exact) mass is 924 g/mol. The number of methoxy groups -OCH3 is 2. The van der Waals surface area contributed by atoms with Crippen LogP contribution in [0.5, 0.6) is 0 Å². The Morgan fingerprint density at radius 2 is 1.49 bits per heavy atom. The van der Waals surface area contributed by atoms with Crippen LogP contribution in [0.15, 0.2) is 30.3 Å². The van der Waals surface area contributed by atoms with Gasteiger partial charge in [0.1, 0.15) is 24.2 Å². The van der Waals surface area contributed by atoms with Crippen molar-refractivity contribution in [2.75, 3.05) is 34.9 Å². The number of nitrogens with one attached hydrogen (secondary N) is 3. The van der Waals surface area contributed by atoms with Crippen LogP contribution in [0.1, 0.15) is 92.6 Å². The molecule has 5 N–H and O–H groups in total. The zero-order valence-electron chi connectivity index (χ0n) is 38.7. The number of hydrogen-bond donors (Lipinski definition) is 6. The van der Waals surface area contributed by atoms with Crippen LogP contribution in [0.25, 0.3) is 0 Å². The van der Waals surface area contributed by atoms with Crippen LogP contribution >= 0.6 is 22.6 Å². The highest BCUT2D eigenvalue weighted by atomic mass is 33.1. The van der Waals surface area contributed by atoms with E-state index in [1.807, 2.05) is 41.5 Å². The van der Waals surface area contributed by atoms with Crippen LogP contribution in [0.2, 0.25) is 0 Å². The second-order valence-electron chi connectivity index (χ2n) is 17.2. The van der Waals surface area contributed by atoms with Gasteiger partial charge >= 0.3 is 11.9 Å². The number of benzene rings is 1. The molecule has 63 heavy (non-hydrogen) atoms. The quantitative estimate of drug-likeness (QED) is 0.0422. The van der Waals surface area contributed by atoms with E-state index in [0.717, 1.165) is 11.0 Å². The van der Waals surface area contributed by atoms with Crippen molar-refractivity contribution in [3.63, 3.8) is 0 Å². The Labute approximate surface area is 382 Å². The van der Waals surface area contributed by atoms with Gasteiger partial charge in [-0.25, -0.2) is 9.10 Å². The molecule has 1 heterocycles. The molecule has 1 aromatic rings. The summed E-state index contributed by atoms with van der Waals surface area (Å²) in [5.41, 5.74) is 0.690. The van der Waals surface area contributed by atoms with E-state index in [2.05, 4.69) is 27.6 Å². The van der Waals surface area contributed by atoms with Crippen molar-refractivity contribution in [2.24, 2.45) is 23.7 Å². The zero-order chi connectivity index (χ0) is 47.7. The van der Waals surface area contributed by atoms with Gasteiger partial charge in [-0.1, -0.05) is 96.9 Å². The van der Waals surface area contributed by atoms with E-state index in [1.165, 1.54) is 14.2 Å². The molecule has 0 spiro atoms. The zero-order valence-corrected chi connectivity index (χ0v) is 40.4. The molecule has 1 aliphatic rings. The highest BCUT2D eigenvalue weighted by molar-refractivity contribution is 8.67. The van der Waals surface area contributed by atoms with Gasteiger partial charge in [0, 0.05) is 40.7 Å². The minimum atomic E-state index is -1.50. The molecule has 0 saturated carbocycles. The first-order chi connectivity index (χ1) is 29.6. The van der Waals surface area contributed by atoms with Crippen molar-refractivity contribution in [3.8, 4) is 0 Å². The van der Waals surface area contributed by atoms with E-state index < -0.39 is 84.6 Å². The van der Waals surface area contributed by atoms with Crippen molar-refractivity contribution >= 4 is 64.1 Å². The summed E-state index contributed by atoms with van der Waals surface area (Å²) in [6.07, 6.45) is -0.611. The van der Waals surface area contributed by atoms with Gasteiger partial charge in [0.05, 0.1) is 36.6 Å². The predicted molar refractivity (Wildman–Crippen MR) is 244 cm³/mol. The van der Waals surface area contributed by atoms with Gasteiger partial charge in [-0.05, 0) is 60.6 Å². The summed E-state index contributed by atoms with van der Waals surface area (Å²) in [6, 6.07) is 3.65. The molecule has 0 bridgehead atoms. The number of ether oxygens (including phenoxy) is 2. The van der Waals surface area contributed by atoms with Crippen LogP contribution in [-0.2, 0) is 49.5 Å². The van der Waals surface area contributed by atoms with Crippen molar-refractivity contribution in [3.05, 3.63) is 35.9 Å². The maximum Gasteiger partial charge on any atom is 0.326 e. The topological polar surface area (TPSA) is 224 Å². The Morgan fingerprint density at radius 3 is 2.00 bits per heavy atom. The van der Waals surface area contributed by atoms with Gasteiger partial charge in [0.15, 0.2) is 0 Å². The van der Waals surface area contributed by atoms with Crippen molar-refractivity contribution in [1.29, 1.82) is 0 Å². The van der Waals surface area contributed by atoms with E-state index in [1.54, 1.807) is 65.5 Å². The van der Waals surface area contributed by atoms with E-state index in [-0.39, 0.29) is 54.7 Å². The van der Waals surface area contributed by atoms with E-state index in [9.17, 15) is 38.7 Å². The molecule has 1 aromatic carbocycles. The Balaban J connectivity index is 2.35. The number of carboxylic acids is 2. The van der Waals surface area contributed by atoms with Gasteiger partial charge < -0.3 is 45.4 Å². The first-order valence-corrected chi connectivity index (χ1v) is 23.5. The summed E-state index contributed by atoms with van der Waals surface area (Å²) in [7, 11) is 7.53. The molecule has 1 fully saturated rings. The van der Waals surface area contributed by atoms with E-state index in [0.29, 0.717) is 31.4 Å². The molecule has 1 unspecified atom stereocenters. The van der Waals surface area contributed by atoms with Crippen LogP contribution in [0, 0.1) is 23.7 Å². The average Bonchev–Trinajstić information content (AvgIpc) is 3.73. The lowest BCUT2D eigenvalue weighted by atomic mass is 9.89. The number of thiol groups is 1. The fourth-order valence-corrected chi connectivity index (χ4v) is 9.12. The number of rotatable bonds is 27. The second kappa shape index (κ2) is 26.8. The van der Waals surface area contributed by atoms with E-state index >= 15 is 0 Å². The summed E-state index contributed by atoms with van der Waals surface area (Å²) < 4.78 is 13.7. The highest BCUT2D eigenvalue weighted by Crippen LogP contribution is 2.30. The molecule has 0 radical (unpaired) electrons. The third-order valence-electron chi connectivity index (χ3n) is 12.1. The number of carboxylic acid groups (broad SMARTS) is 2. The Kier molecular flexibility index (Phi) is 23.5. The smallest absolute Gasteiger partial charge is 0.326 e. The average molecular weight is 925 g/mol. The van der Waals surface area contributed by atoms with Gasteiger partial charge in [0.25, 0.3) is 0 Å². The molecule has 5 amide bonds. The van der Waals surface area contributed by atoms with Crippen molar-refractivity contribution < 1.29 is 53.2 Å². The number of hydrogen-bond acceptors (Lipinski definition) is 12. The summed E-state index contributed by atoms with van der Waals surface area (Å²) in [6.45, 7) is 13.6. The minimum absolute atomic E-state index is 0.0180. The van der Waals surface area contributed by atoms with Gasteiger partial charge in [-0.3, -0.25) is 28.8 Å². The number of likely N-dealkylation sites (N-methyl/N-ethyl adjacent to an activating group) is 2.